The highest BCUT2D eigenvalue weighted by Crippen LogP contribution is 2.17. The first-order chi connectivity index (χ1) is 8.58. The van der Waals surface area contributed by atoms with Gasteiger partial charge in [-0.3, -0.25) is 4.79 Å². The van der Waals surface area contributed by atoms with Crippen molar-refractivity contribution in [1.82, 2.24) is 10.1 Å². The van der Waals surface area contributed by atoms with Crippen LogP contribution in [0.15, 0.2) is 34.9 Å². The number of carbonyl (C=O) groups is 1. The molecule has 0 saturated carbocycles. The van der Waals surface area contributed by atoms with Gasteiger partial charge in [0, 0.05) is 24.7 Å². The van der Waals surface area contributed by atoms with Crippen molar-refractivity contribution in [1.29, 1.82) is 0 Å². The van der Waals surface area contributed by atoms with Crippen molar-refractivity contribution in [2.45, 2.75) is 13.5 Å². The fraction of sp³-hybridized carbons (Fsp3) is 0.231. The van der Waals surface area contributed by atoms with E-state index in [1.165, 1.54) is 0 Å². The molecule has 0 bridgehead atoms. The van der Waals surface area contributed by atoms with Crippen LogP contribution in [-0.2, 0) is 6.54 Å². The van der Waals surface area contributed by atoms with Crippen LogP contribution in [0.2, 0.25) is 5.02 Å². The van der Waals surface area contributed by atoms with Gasteiger partial charge in [-0.15, -0.1) is 0 Å². The van der Waals surface area contributed by atoms with Gasteiger partial charge in [-0.2, -0.15) is 0 Å². The maximum absolute atomic E-state index is 12.0. The Morgan fingerprint density at radius 2 is 2.17 bits per heavy atom. The van der Waals surface area contributed by atoms with E-state index in [-0.39, 0.29) is 5.91 Å². The van der Waals surface area contributed by atoms with Gasteiger partial charge < -0.3 is 9.42 Å². The third-order valence-corrected chi connectivity index (χ3v) is 2.93. The van der Waals surface area contributed by atoms with Crippen molar-refractivity contribution >= 4 is 17.5 Å². The van der Waals surface area contributed by atoms with Crippen molar-refractivity contribution in [3.8, 4) is 0 Å². The Hall–Kier alpha value is -1.81. The van der Waals surface area contributed by atoms with E-state index in [4.69, 9.17) is 16.1 Å². The molecule has 4 nitrogen and oxygen atoms in total. The quantitative estimate of drug-likeness (QED) is 0.856. The minimum Gasteiger partial charge on any atom is -0.361 e. The topological polar surface area (TPSA) is 46.3 Å². The number of amides is 1. The first kappa shape index (κ1) is 12.6. The summed E-state index contributed by atoms with van der Waals surface area (Å²) in [6.45, 7) is 2.18. The molecule has 5 heteroatoms. The molecule has 0 N–H and O–H groups in total. The number of benzene rings is 1. The molecule has 0 spiro atoms. The molecule has 0 aliphatic rings. The van der Waals surface area contributed by atoms with E-state index in [9.17, 15) is 4.79 Å². The highest BCUT2D eigenvalue weighted by atomic mass is 35.5. The molecular formula is C13H13ClN2O2. The minimum absolute atomic E-state index is 0.188. The van der Waals surface area contributed by atoms with Crippen LogP contribution in [0.25, 0.3) is 0 Å². The SMILES string of the molecule is Cc1cc(C(=O)N(C)Cc2ccccc2Cl)no1. The highest BCUT2D eigenvalue weighted by molar-refractivity contribution is 6.31. The van der Waals surface area contributed by atoms with Crippen molar-refractivity contribution in [2.75, 3.05) is 7.05 Å². The van der Waals surface area contributed by atoms with Gasteiger partial charge in [0.1, 0.15) is 5.76 Å². The second kappa shape index (κ2) is 5.23. The van der Waals surface area contributed by atoms with Crippen molar-refractivity contribution < 1.29 is 9.32 Å². The molecule has 1 amide bonds. The van der Waals surface area contributed by atoms with Crippen molar-refractivity contribution in [2.24, 2.45) is 0 Å². The normalized spacial score (nSPS) is 10.4. The van der Waals surface area contributed by atoms with Crippen LogP contribution in [0.4, 0.5) is 0 Å². The number of hydrogen-bond donors (Lipinski definition) is 0. The largest absolute Gasteiger partial charge is 0.361 e. The molecule has 0 radical (unpaired) electrons. The number of rotatable bonds is 3. The molecule has 18 heavy (non-hydrogen) atoms. The Balaban J connectivity index is 2.11. The number of halogens is 1. The van der Waals surface area contributed by atoms with Crippen molar-refractivity contribution in [3.63, 3.8) is 0 Å². The third-order valence-electron chi connectivity index (χ3n) is 2.56. The van der Waals surface area contributed by atoms with Gasteiger partial charge in [0.05, 0.1) is 0 Å². The lowest BCUT2D eigenvalue weighted by atomic mass is 10.2. The summed E-state index contributed by atoms with van der Waals surface area (Å²) >= 11 is 6.05. The molecule has 0 saturated heterocycles. The second-order valence-electron chi connectivity index (χ2n) is 4.08. The van der Waals surface area contributed by atoms with E-state index in [0.717, 1.165) is 5.56 Å². The molecular weight excluding hydrogens is 252 g/mol. The summed E-state index contributed by atoms with van der Waals surface area (Å²) in [5.41, 5.74) is 1.21. The Morgan fingerprint density at radius 1 is 1.44 bits per heavy atom. The maximum Gasteiger partial charge on any atom is 0.276 e. The summed E-state index contributed by atoms with van der Waals surface area (Å²) in [6.07, 6.45) is 0. The van der Waals surface area contributed by atoms with E-state index < -0.39 is 0 Å². The number of carbonyl (C=O) groups excluding carboxylic acids is 1. The standard InChI is InChI=1S/C13H13ClN2O2/c1-9-7-12(15-18-9)13(17)16(2)8-10-5-3-4-6-11(10)14/h3-7H,8H2,1-2H3. The van der Waals surface area contributed by atoms with Crippen LogP contribution >= 0.6 is 11.6 Å². The molecule has 0 aliphatic heterocycles. The van der Waals surface area contributed by atoms with Gasteiger partial charge >= 0.3 is 0 Å². The fourth-order valence-electron chi connectivity index (χ4n) is 1.62. The predicted octanol–water partition coefficient (Wildman–Crippen LogP) is 2.91. The van der Waals surface area contributed by atoms with Crippen LogP contribution in [0.1, 0.15) is 21.8 Å². The fourth-order valence-corrected chi connectivity index (χ4v) is 1.81. The van der Waals surface area contributed by atoms with Gasteiger partial charge in [0.2, 0.25) is 0 Å². The van der Waals surface area contributed by atoms with E-state index in [0.29, 0.717) is 23.0 Å². The average molecular weight is 265 g/mol. The molecule has 94 valence electrons. The van der Waals surface area contributed by atoms with Gasteiger partial charge in [-0.1, -0.05) is 35.0 Å². The smallest absolute Gasteiger partial charge is 0.276 e. The Bertz CT molecular complexity index is 566. The zero-order chi connectivity index (χ0) is 13.1. The van der Waals surface area contributed by atoms with E-state index >= 15 is 0 Å². The van der Waals surface area contributed by atoms with Crippen LogP contribution in [-0.4, -0.2) is 23.0 Å². The average Bonchev–Trinajstić information content (AvgIpc) is 2.78. The number of hydrogen-bond acceptors (Lipinski definition) is 3. The van der Waals surface area contributed by atoms with Crippen LogP contribution in [0, 0.1) is 6.92 Å². The molecule has 0 fully saturated rings. The summed E-state index contributed by atoms with van der Waals surface area (Å²) in [5, 5.41) is 4.35. The summed E-state index contributed by atoms with van der Waals surface area (Å²) in [4.78, 5) is 13.6. The zero-order valence-corrected chi connectivity index (χ0v) is 10.9. The summed E-state index contributed by atoms with van der Waals surface area (Å²) in [7, 11) is 1.70. The lowest BCUT2D eigenvalue weighted by Gasteiger charge is -2.16. The summed E-state index contributed by atoms with van der Waals surface area (Å²) < 4.78 is 4.89. The lowest BCUT2D eigenvalue weighted by Crippen LogP contribution is -2.26. The number of nitrogens with zero attached hydrogens (tertiary/aromatic N) is 2. The molecule has 1 aromatic carbocycles. The van der Waals surface area contributed by atoms with Gasteiger partial charge in [-0.25, -0.2) is 0 Å². The Kier molecular flexibility index (Phi) is 3.67. The number of aryl methyl sites for hydroxylation is 1. The van der Waals surface area contributed by atoms with E-state index in [2.05, 4.69) is 5.16 Å². The maximum atomic E-state index is 12.0. The first-order valence-electron chi connectivity index (χ1n) is 5.50. The molecule has 2 aromatic rings. The number of aromatic nitrogens is 1. The van der Waals surface area contributed by atoms with Crippen LogP contribution in [0.5, 0.6) is 0 Å². The second-order valence-corrected chi connectivity index (χ2v) is 4.48. The summed E-state index contributed by atoms with van der Waals surface area (Å²) in [5.74, 6) is 0.427. The lowest BCUT2D eigenvalue weighted by molar-refractivity contribution is 0.0775. The molecule has 0 atom stereocenters. The van der Waals surface area contributed by atoms with Crippen LogP contribution in [0.3, 0.4) is 0 Å². The molecule has 1 heterocycles. The minimum atomic E-state index is -0.188. The molecule has 0 unspecified atom stereocenters. The van der Waals surface area contributed by atoms with Crippen LogP contribution < -0.4 is 0 Å². The molecule has 2 rings (SSSR count). The summed E-state index contributed by atoms with van der Waals surface area (Å²) in [6, 6.07) is 9.05. The van der Waals surface area contributed by atoms with E-state index in [1.807, 2.05) is 18.2 Å². The monoisotopic (exact) mass is 264 g/mol. The molecule has 0 aliphatic carbocycles. The Labute approximate surface area is 110 Å². The molecule has 1 aromatic heterocycles. The third kappa shape index (κ3) is 2.71. The van der Waals surface area contributed by atoms with Crippen molar-refractivity contribution in [3.05, 3.63) is 52.4 Å². The Morgan fingerprint density at radius 3 is 2.78 bits per heavy atom. The highest BCUT2D eigenvalue weighted by Gasteiger charge is 2.16. The zero-order valence-electron chi connectivity index (χ0n) is 10.2. The van der Waals surface area contributed by atoms with E-state index in [1.54, 1.807) is 31.0 Å². The predicted molar refractivity (Wildman–Crippen MR) is 68.5 cm³/mol. The first-order valence-corrected chi connectivity index (χ1v) is 5.88. The van der Waals surface area contributed by atoms with Gasteiger partial charge in [-0.05, 0) is 18.6 Å². The van der Waals surface area contributed by atoms with Gasteiger partial charge in [0.25, 0.3) is 5.91 Å². The van der Waals surface area contributed by atoms with Gasteiger partial charge in [0.15, 0.2) is 5.69 Å².